The van der Waals surface area contributed by atoms with Gasteiger partial charge < -0.3 is 5.11 Å². The topological polar surface area (TPSA) is 99.0 Å². The molecule has 6 nitrogen and oxygen atoms in total. The highest BCUT2D eigenvalue weighted by Gasteiger charge is 2.09. The second-order valence-corrected chi connectivity index (χ2v) is 4.26. The van der Waals surface area contributed by atoms with Crippen LogP contribution < -0.4 is 5.32 Å². The summed E-state index contributed by atoms with van der Waals surface area (Å²) in [6.07, 6.45) is -0.673. The van der Waals surface area contributed by atoms with Gasteiger partial charge in [0.2, 0.25) is 0 Å². The molecule has 0 saturated carbocycles. The van der Waals surface area contributed by atoms with Crippen LogP contribution in [0.3, 0.4) is 0 Å². The molecule has 0 aliphatic carbocycles. The Labute approximate surface area is 116 Å². The maximum absolute atomic E-state index is 10.5. The van der Waals surface area contributed by atoms with Crippen LogP contribution in [-0.4, -0.2) is 27.0 Å². The van der Waals surface area contributed by atoms with E-state index in [1.165, 1.54) is 0 Å². The number of carboxylic acid groups (broad SMARTS) is 1. The summed E-state index contributed by atoms with van der Waals surface area (Å²) in [5, 5.41) is 18.3. The van der Waals surface area contributed by atoms with E-state index in [4.69, 9.17) is 10.5 Å². The largest absolute Gasteiger partial charge is 0.465 e. The fourth-order valence-corrected chi connectivity index (χ4v) is 1.82. The van der Waals surface area contributed by atoms with Crippen molar-refractivity contribution < 1.29 is 9.90 Å². The number of rotatable bonds is 3. The molecule has 1 heterocycles. The lowest BCUT2D eigenvalue weighted by atomic mass is 10.1. The molecule has 3 N–H and O–H groups in total. The summed E-state index contributed by atoms with van der Waals surface area (Å²) in [4.78, 5) is 18.9. The highest BCUT2D eigenvalue weighted by Crippen LogP contribution is 2.09. The minimum absolute atomic E-state index is 0.252. The molecule has 2 aromatic rings. The van der Waals surface area contributed by atoms with Gasteiger partial charge in [0.25, 0.3) is 0 Å². The first-order valence-corrected chi connectivity index (χ1v) is 6.02. The Balaban J connectivity index is 2.25. The molecule has 1 aromatic carbocycles. The molecular formula is C14H14N4O2. The third kappa shape index (κ3) is 3.61. The van der Waals surface area contributed by atoms with Crippen molar-refractivity contribution in [3.8, 4) is 0 Å². The zero-order valence-electron chi connectivity index (χ0n) is 10.9. The molecule has 0 aliphatic heterocycles. The van der Waals surface area contributed by atoms with E-state index in [9.17, 15) is 4.79 Å². The van der Waals surface area contributed by atoms with Crippen LogP contribution in [0.15, 0.2) is 36.4 Å². The normalized spacial score (nSPS) is 10.1. The Morgan fingerprint density at radius 1 is 1.30 bits per heavy atom. The minimum Gasteiger partial charge on any atom is -0.465 e. The van der Waals surface area contributed by atoms with Crippen molar-refractivity contribution in [3.05, 3.63) is 59.2 Å². The number of aryl methyl sites for hydroxylation is 1. The first-order chi connectivity index (χ1) is 9.54. The zero-order valence-corrected chi connectivity index (χ0v) is 10.9. The average Bonchev–Trinajstić information content (AvgIpc) is 2.38. The summed E-state index contributed by atoms with van der Waals surface area (Å²) < 4.78 is 0. The molecule has 0 fully saturated rings. The zero-order chi connectivity index (χ0) is 14.5. The third-order valence-electron chi connectivity index (χ3n) is 2.61. The summed E-state index contributed by atoms with van der Waals surface area (Å²) in [7, 11) is 0. The van der Waals surface area contributed by atoms with Crippen molar-refractivity contribution in [2.75, 3.05) is 0 Å². The van der Waals surface area contributed by atoms with Gasteiger partial charge >= 0.3 is 6.09 Å². The first-order valence-electron chi connectivity index (χ1n) is 6.02. The predicted molar refractivity (Wildman–Crippen MR) is 74.0 cm³/mol. The van der Waals surface area contributed by atoms with Gasteiger partial charge in [-0.1, -0.05) is 30.3 Å². The van der Waals surface area contributed by atoms with Crippen LogP contribution in [-0.2, 0) is 6.42 Å². The van der Waals surface area contributed by atoms with Gasteiger partial charge in [0.1, 0.15) is 11.5 Å². The van der Waals surface area contributed by atoms with Crippen LogP contribution in [0.4, 0.5) is 4.79 Å². The van der Waals surface area contributed by atoms with Crippen LogP contribution in [0, 0.1) is 12.3 Å². The standard InChI is InChI=1S/C14H14N4O2/c1-9-16-11(7-10-5-3-2-4-6-10)8-12(17-9)13(15)18-14(19)20/h2-6,8H,7H2,1H3,(H2,15,18)(H,19,20). The van der Waals surface area contributed by atoms with Crippen molar-refractivity contribution >= 4 is 11.9 Å². The molecule has 6 heteroatoms. The highest BCUT2D eigenvalue weighted by molar-refractivity contribution is 6.02. The van der Waals surface area contributed by atoms with Crippen LogP contribution in [0.1, 0.15) is 22.8 Å². The summed E-state index contributed by atoms with van der Waals surface area (Å²) in [5.41, 5.74) is 2.11. The summed E-state index contributed by atoms with van der Waals surface area (Å²) in [6.45, 7) is 1.71. The number of nitrogens with zero attached hydrogens (tertiary/aromatic N) is 2. The van der Waals surface area contributed by atoms with E-state index in [0.717, 1.165) is 11.3 Å². The van der Waals surface area contributed by atoms with Crippen molar-refractivity contribution in [2.24, 2.45) is 0 Å². The molecule has 102 valence electrons. The quantitative estimate of drug-likeness (QED) is 0.586. The minimum atomic E-state index is -1.28. The summed E-state index contributed by atoms with van der Waals surface area (Å²) >= 11 is 0. The number of hydrogen-bond donors (Lipinski definition) is 3. The molecule has 0 atom stereocenters. The monoisotopic (exact) mass is 270 g/mol. The van der Waals surface area contributed by atoms with Gasteiger partial charge in [-0.15, -0.1) is 0 Å². The van der Waals surface area contributed by atoms with Gasteiger partial charge in [-0.3, -0.25) is 10.7 Å². The Kier molecular flexibility index (Phi) is 4.05. The smallest absolute Gasteiger partial charge is 0.410 e. The van der Waals surface area contributed by atoms with Crippen molar-refractivity contribution in [3.63, 3.8) is 0 Å². The van der Waals surface area contributed by atoms with Gasteiger partial charge in [0.15, 0.2) is 5.84 Å². The van der Waals surface area contributed by atoms with Gasteiger partial charge in [0.05, 0.1) is 0 Å². The number of carbonyl (C=O) groups is 1. The molecular weight excluding hydrogens is 256 g/mol. The van der Waals surface area contributed by atoms with Gasteiger partial charge in [0, 0.05) is 12.1 Å². The molecule has 1 amide bonds. The fourth-order valence-electron chi connectivity index (χ4n) is 1.82. The third-order valence-corrected chi connectivity index (χ3v) is 2.61. The lowest BCUT2D eigenvalue weighted by Crippen LogP contribution is -2.29. The lowest BCUT2D eigenvalue weighted by Gasteiger charge is -2.07. The highest BCUT2D eigenvalue weighted by atomic mass is 16.4. The number of amides is 1. The molecule has 0 radical (unpaired) electrons. The molecule has 20 heavy (non-hydrogen) atoms. The van der Waals surface area contributed by atoms with Gasteiger partial charge in [-0.05, 0) is 18.6 Å². The van der Waals surface area contributed by atoms with Gasteiger partial charge in [-0.25, -0.2) is 14.8 Å². The molecule has 0 spiro atoms. The van der Waals surface area contributed by atoms with E-state index in [-0.39, 0.29) is 11.5 Å². The first kappa shape index (κ1) is 13.7. The lowest BCUT2D eigenvalue weighted by molar-refractivity contribution is 0.200. The van der Waals surface area contributed by atoms with E-state index in [1.807, 2.05) is 35.6 Å². The number of amidine groups is 1. The number of aromatic nitrogens is 2. The molecule has 0 saturated heterocycles. The molecule has 0 unspecified atom stereocenters. The van der Waals surface area contributed by atoms with Crippen LogP contribution in [0.5, 0.6) is 0 Å². The Bertz CT molecular complexity index is 641. The van der Waals surface area contributed by atoms with Crippen molar-refractivity contribution in [2.45, 2.75) is 13.3 Å². The van der Waals surface area contributed by atoms with Crippen LogP contribution >= 0.6 is 0 Å². The Hall–Kier alpha value is -2.76. The average molecular weight is 270 g/mol. The summed E-state index contributed by atoms with van der Waals surface area (Å²) in [6, 6.07) is 11.4. The number of hydrogen-bond acceptors (Lipinski definition) is 4. The van der Waals surface area contributed by atoms with E-state index in [0.29, 0.717) is 12.2 Å². The predicted octanol–water partition coefficient (Wildman–Crippen LogP) is 1.97. The second-order valence-electron chi connectivity index (χ2n) is 4.26. The van der Waals surface area contributed by atoms with E-state index < -0.39 is 6.09 Å². The Morgan fingerprint density at radius 2 is 2.00 bits per heavy atom. The Morgan fingerprint density at radius 3 is 2.65 bits per heavy atom. The summed E-state index contributed by atoms with van der Waals surface area (Å²) in [5.74, 6) is 0.252. The number of benzene rings is 1. The van der Waals surface area contributed by atoms with E-state index in [1.54, 1.807) is 13.0 Å². The maximum Gasteiger partial charge on any atom is 0.410 e. The molecule has 1 aromatic heterocycles. The number of nitrogens with one attached hydrogen (secondary N) is 2. The molecule has 0 aliphatic rings. The maximum atomic E-state index is 10.5. The van der Waals surface area contributed by atoms with Crippen molar-refractivity contribution in [1.29, 1.82) is 5.41 Å². The van der Waals surface area contributed by atoms with Crippen LogP contribution in [0.2, 0.25) is 0 Å². The van der Waals surface area contributed by atoms with Crippen LogP contribution in [0.25, 0.3) is 0 Å². The van der Waals surface area contributed by atoms with Gasteiger partial charge in [-0.2, -0.15) is 0 Å². The van der Waals surface area contributed by atoms with E-state index >= 15 is 0 Å². The molecule has 0 bridgehead atoms. The second kappa shape index (κ2) is 5.92. The fraction of sp³-hybridized carbons (Fsp3) is 0.143. The molecule has 2 rings (SSSR count). The van der Waals surface area contributed by atoms with Crippen molar-refractivity contribution in [1.82, 2.24) is 15.3 Å². The SMILES string of the molecule is Cc1nc(Cc2ccccc2)cc(C(=N)NC(=O)O)n1. The van der Waals surface area contributed by atoms with E-state index in [2.05, 4.69) is 9.97 Å².